The topological polar surface area (TPSA) is 67.4 Å². The van der Waals surface area contributed by atoms with Crippen LogP contribution in [-0.4, -0.2) is 37.2 Å². The van der Waals surface area contributed by atoms with Gasteiger partial charge in [-0.3, -0.25) is 9.59 Å². The minimum absolute atomic E-state index is 0.296. The van der Waals surface area contributed by atoms with E-state index in [9.17, 15) is 22.8 Å². The predicted molar refractivity (Wildman–Crippen MR) is 80.7 cm³/mol. The number of hydrogen-bond acceptors (Lipinski definition) is 3. The number of ether oxygens (including phenoxy) is 1. The van der Waals surface area contributed by atoms with E-state index >= 15 is 0 Å². The molecule has 2 amide bonds. The molecule has 24 heavy (non-hydrogen) atoms. The SMILES string of the molecule is C[C@@H](NC(=O)c1ccc(OCC2CC2)cc1)C(=O)NCC(F)(F)F. The second-order valence-electron chi connectivity index (χ2n) is 5.81. The molecule has 0 unspecified atom stereocenters. The third-order valence-electron chi connectivity index (χ3n) is 3.50. The molecule has 0 heterocycles. The van der Waals surface area contributed by atoms with Crippen LogP contribution < -0.4 is 15.4 Å². The molecule has 1 aliphatic rings. The lowest BCUT2D eigenvalue weighted by Gasteiger charge is -2.15. The lowest BCUT2D eigenvalue weighted by atomic mass is 10.2. The predicted octanol–water partition coefficient (Wildman–Crippen LogP) is 2.27. The van der Waals surface area contributed by atoms with Gasteiger partial charge < -0.3 is 15.4 Å². The van der Waals surface area contributed by atoms with E-state index in [0.29, 0.717) is 23.8 Å². The van der Waals surface area contributed by atoms with Crippen molar-refractivity contribution in [3.05, 3.63) is 29.8 Å². The Morgan fingerprint density at radius 3 is 2.42 bits per heavy atom. The van der Waals surface area contributed by atoms with Crippen LogP contribution in [0.25, 0.3) is 0 Å². The number of hydrogen-bond donors (Lipinski definition) is 2. The summed E-state index contributed by atoms with van der Waals surface area (Å²) in [5.74, 6) is -0.179. The zero-order valence-corrected chi connectivity index (χ0v) is 13.2. The number of rotatable bonds is 7. The van der Waals surface area contributed by atoms with E-state index in [-0.39, 0.29) is 0 Å². The second kappa shape index (κ2) is 7.55. The Hall–Kier alpha value is -2.25. The average Bonchev–Trinajstić information content (AvgIpc) is 3.34. The van der Waals surface area contributed by atoms with Gasteiger partial charge >= 0.3 is 6.18 Å². The number of benzene rings is 1. The van der Waals surface area contributed by atoms with Gasteiger partial charge in [-0.25, -0.2) is 0 Å². The Morgan fingerprint density at radius 1 is 1.25 bits per heavy atom. The van der Waals surface area contributed by atoms with E-state index in [1.807, 2.05) is 0 Å². The smallest absolute Gasteiger partial charge is 0.405 e. The van der Waals surface area contributed by atoms with E-state index in [2.05, 4.69) is 5.32 Å². The number of alkyl halides is 3. The van der Waals surface area contributed by atoms with Crippen LogP contribution in [0.1, 0.15) is 30.1 Å². The maximum Gasteiger partial charge on any atom is 0.405 e. The van der Waals surface area contributed by atoms with Gasteiger partial charge in [0.2, 0.25) is 5.91 Å². The van der Waals surface area contributed by atoms with Crippen molar-refractivity contribution >= 4 is 11.8 Å². The van der Waals surface area contributed by atoms with Crippen molar-refractivity contribution < 1.29 is 27.5 Å². The molecule has 2 rings (SSSR count). The van der Waals surface area contributed by atoms with Gasteiger partial charge in [0.15, 0.2) is 0 Å². The summed E-state index contributed by atoms with van der Waals surface area (Å²) < 4.78 is 41.7. The van der Waals surface area contributed by atoms with Crippen LogP contribution in [-0.2, 0) is 4.79 Å². The highest BCUT2D eigenvalue weighted by Crippen LogP contribution is 2.29. The van der Waals surface area contributed by atoms with E-state index in [0.717, 1.165) is 0 Å². The molecule has 1 fully saturated rings. The van der Waals surface area contributed by atoms with Crippen LogP contribution in [0, 0.1) is 5.92 Å². The largest absolute Gasteiger partial charge is 0.493 e. The first-order valence-corrected chi connectivity index (χ1v) is 7.63. The summed E-state index contributed by atoms with van der Waals surface area (Å²) in [5.41, 5.74) is 0.296. The number of nitrogens with one attached hydrogen (secondary N) is 2. The average molecular weight is 344 g/mol. The summed E-state index contributed by atoms with van der Waals surface area (Å²) in [6.45, 7) is 0.539. The number of carbonyl (C=O) groups excluding carboxylic acids is 2. The van der Waals surface area contributed by atoms with Crippen molar-refractivity contribution in [1.82, 2.24) is 10.6 Å². The van der Waals surface area contributed by atoms with Gasteiger partial charge in [0, 0.05) is 5.56 Å². The Kier molecular flexibility index (Phi) is 5.69. The van der Waals surface area contributed by atoms with Crippen LogP contribution in [0.3, 0.4) is 0 Å². The molecule has 1 aliphatic carbocycles. The molecule has 1 aromatic carbocycles. The summed E-state index contributed by atoms with van der Waals surface area (Å²) in [7, 11) is 0. The molecular formula is C16H19F3N2O3. The molecule has 0 saturated heterocycles. The molecule has 132 valence electrons. The fourth-order valence-electron chi connectivity index (χ4n) is 1.89. The molecule has 8 heteroatoms. The fraction of sp³-hybridized carbons (Fsp3) is 0.500. The van der Waals surface area contributed by atoms with Crippen molar-refractivity contribution in [3.63, 3.8) is 0 Å². The van der Waals surface area contributed by atoms with Crippen molar-refractivity contribution in [2.45, 2.75) is 32.0 Å². The molecule has 1 aromatic rings. The van der Waals surface area contributed by atoms with Crippen LogP contribution in [0.2, 0.25) is 0 Å². The third-order valence-corrected chi connectivity index (χ3v) is 3.50. The molecule has 5 nitrogen and oxygen atoms in total. The van der Waals surface area contributed by atoms with Crippen molar-refractivity contribution in [3.8, 4) is 5.75 Å². The van der Waals surface area contributed by atoms with Gasteiger partial charge in [-0.2, -0.15) is 13.2 Å². The van der Waals surface area contributed by atoms with E-state index < -0.39 is 30.6 Å². The van der Waals surface area contributed by atoms with Gasteiger partial charge in [-0.1, -0.05) is 0 Å². The molecule has 1 atom stereocenters. The third kappa shape index (κ3) is 6.10. The molecular weight excluding hydrogens is 325 g/mol. The maximum atomic E-state index is 12.0. The highest BCUT2D eigenvalue weighted by Gasteiger charge is 2.29. The summed E-state index contributed by atoms with van der Waals surface area (Å²) in [4.78, 5) is 23.5. The summed E-state index contributed by atoms with van der Waals surface area (Å²) >= 11 is 0. The minimum atomic E-state index is -4.49. The highest BCUT2D eigenvalue weighted by atomic mass is 19.4. The van der Waals surface area contributed by atoms with E-state index in [1.165, 1.54) is 31.9 Å². The zero-order chi connectivity index (χ0) is 17.7. The Balaban J connectivity index is 1.80. The first kappa shape index (κ1) is 18.1. The van der Waals surface area contributed by atoms with Crippen LogP contribution in [0.5, 0.6) is 5.75 Å². The first-order chi connectivity index (χ1) is 11.2. The molecule has 0 aliphatic heterocycles. The van der Waals surface area contributed by atoms with Crippen molar-refractivity contribution in [2.75, 3.05) is 13.2 Å². The van der Waals surface area contributed by atoms with Gasteiger partial charge in [-0.05, 0) is 49.9 Å². The van der Waals surface area contributed by atoms with E-state index in [1.54, 1.807) is 17.4 Å². The number of amides is 2. The molecule has 0 bridgehead atoms. The van der Waals surface area contributed by atoms with Gasteiger partial charge in [0.25, 0.3) is 5.91 Å². The van der Waals surface area contributed by atoms with Crippen LogP contribution in [0.4, 0.5) is 13.2 Å². The number of carbonyl (C=O) groups is 2. The van der Waals surface area contributed by atoms with Crippen molar-refractivity contribution in [2.24, 2.45) is 5.92 Å². The van der Waals surface area contributed by atoms with Gasteiger partial charge in [0.1, 0.15) is 18.3 Å². The Morgan fingerprint density at radius 2 is 1.88 bits per heavy atom. The van der Waals surface area contributed by atoms with Gasteiger partial charge in [0.05, 0.1) is 6.61 Å². The number of halogens is 3. The second-order valence-corrected chi connectivity index (χ2v) is 5.81. The molecule has 0 radical (unpaired) electrons. The lowest BCUT2D eigenvalue weighted by Crippen LogP contribution is -2.47. The summed E-state index contributed by atoms with van der Waals surface area (Å²) in [5, 5.41) is 4.08. The summed E-state index contributed by atoms with van der Waals surface area (Å²) in [6.07, 6.45) is -2.14. The fourth-order valence-corrected chi connectivity index (χ4v) is 1.89. The molecule has 1 saturated carbocycles. The van der Waals surface area contributed by atoms with Crippen LogP contribution >= 0.6 is 0 Å². The highest BCUT2D eigenvalue weighted by molar-refractivity contribution is 5.97. The Bertz CT molecular complexity index is 583. The molecule has 2 N–H and O–H groups in total. The molecule has 0 aromatic heterocycles. The maximum absolute atomic E-state index is 12.0. The molecule has 0 spiro atoms. The van der Waals surface area contributed by atoms with E-state index in [4.69, 9.17) is 4.74 Å². The monoisotopic (exact) mass is 344 g/mol. The van der Waals surface area contributed by atoms with Crippen LogP contribution in [0.15, 0.2) is 24.3 Å². The van der Waals surface area contributed by atoms with Crippen molar-refractivity contribution in [1.29, 1.82) is 0 Å². The van der Waals surface area contributed by atoms with Gasteiger partial charge in [-0.15, -0.1) is 0 Å². The standard InChI is InChI=1S/C16H19F3N2O3/c1-10(14(22)20-9-16(17,18)19)21-15(23)12-4-6-13(7-5-12)24-8-11-2-3-11/h4-7,10-11H,2-3,8-9H2,1H3,(H,20,22)(H,21,23)/t10-/m1/s1. The first-order valence-electron chi connectivity index (χ1n) is 7.63. The quantitative estimate of drug-likeness (QED) is 0.797. The minimum Gasteiger partial charge on any atom is -0.493 e. The lowest BCUT2D eigenvalue weighted by molar-refractivity contribution is -0.139. The zero-order valence-electron chi connectivity index (χ0n) is 13.2. The normalized spacial score (nSPS) is 15.5. The summed E-state index contributed by atoms with van der Waals surface area (Å²) in [6, 6.07) is 5.29. The Labute approximate surface area is 137 Å².